The minimum atomic E-state index is -0.802. The Morgan fingerprint density at radius 2 is 1.67 bits per heavy atom. The molecule has 2 aliphatic heterocycles. The van der Waals surface area contributed by atoms with Gasteiger partial charge in [0.1, 0.15) is 0 Å². The van der Waals surface area contributed by atoms with Crippen molar-refractivity contribution in [3.63, 3.8) is 0 Å². The third-order valence-corrected chi connectivity index (χ3v) is 8.04. The number of benzene rings is 1. The normalized spacial score (nSPS) is 22.8. The molecule has 0 spiro atoms. The number of likely N-dealkylation sites (tertiary alicyclic amines) is 1. The predicted molar refractivity (Wildman–Crippen MR) is 129 cm³/mol. The minimum absolute atomic E-state index is 0.0949. The van der Waals surface area contributed by atoms with E-state index in [9.17, 15) is 14.7 Å². The van der Waals surface area contributed by atoms with Gasteiger partial charge in [-0.15, -0.1) is 0 Å². The van der Waals surface area contributed by atoms with Crippen LogP contribution in [0.25, 0.3) is 10.9 Å². The Kier molecular flexibility index (Phi) is 6.58. The van der Waals surface area contributed by atoms with Crippen LogP contribution in [0.15, 0.2) is 30.5 Å². The third-order valence-electron chi connectivity index (χ3n) is 8.04. The molecule has 5 rings (SSSR count). The lowest BCUT2D eigenvalue weighted by atomic mass is 10.00. The number of hydrogen-bond donors (Lipinski definition) is 1. The van der Waals surface area contributed by atoms with Crippen molar-refractivity contribution in [1.82, 2.24) is 19.3 Å². The summed E-state index contributed by atoms with van der Waals surface area (Å²) in [6, 6.07) is 8.91. The van der Waals surface area contributed by atoms with Crippen LogP contribution in [0.2, 0.25) is 0 Å². The van der Waals surface area contributed by atoms with Crippen molar-refractivity contribution in [1.29, 1.82) is 0 Å². The smallest absolute Gasteiger partial charge is 0.407 e. The van der Waals surface area contributed by atoms with Gasteiger partial charge >= 0.3 is 6.09 Å². The molecule has 33 heavy (non-hydrogen) atoms. The highest BCUT2D eigenvalue weighted by Crippen LogP contribution is 2.26. The van der Waals surface area contributed by atoms with E-state index in [0.717, 1.165) is 80.9 Å². The molecule has 1 unspecified atom stereocenters. The Bertz CT molecular complexity index is 989. The highest BCUT2D eigenvalue weighted by Gasteiger charge is 2.29. The summed E-state index contributed by atoms with van der Waals surface area (Å²) < 4.78 is 2.19. The van der Waals surface area contributed by atoms with E-state index in [1.165, 1.54) is 25.7 Å². The number of carboxylic acid groups (broad SMARTS) is 1. The second-order valence-corrected chi connectivity index (χ2v) is 9.96. The number of amides is 2. The molecular formula is C26H36N4O3. The largest absolute Gasteiger partial charge is 0.465 e. The monoisotopic (exact) mass is 452 g/mol. The van der Waals surface area contributed by atoms with Crippen LogP contribution in [0.5, 0.6) is 0 Å². The lowest BCUT2D eigenvalue weighted by Gasteiger charge is -2.38. The van der Waals surface area contributed by atoms with Crippen LogP contribution in [0, 0.1) is 0 Å². The average molecular weight is 453 g/mol. The van der Waals surface area contributed by atoms with Crippen molar-refractivity contribution in [3.05, 3.63) is 36.0 Å². The van der Waals surface area contributed by atoms with Gasteiger partial charge < -0.3 is 19.5 Å². The van der Waals surface area contributed by atoms with Crippen molar-refractivity contribution in [2.24, 2.45) is 0 Å². The van der Waals surface area contributed by atoms with Gasteiger partial charge in [-0.3, -0.25) is 9.69 Å². The maximum absolute atomic E-state index is 13.1. The molecule has 1 aromatic carbocycles. The maximum Gasteiger partial charge on any atom is 0.407 e. The lowest BCUT2D eigenvalue weighted by molar-refractivity contribution is 0.0573. The summed E-state index contributed by atoms with van der Waals surface area (Å²) in [5, 5.41) is 10.6. The standard InChI is InChI=1S/C26H36N4O3/c31-25(29-17-15-27(16-18-29)22-5-1-2-6-22)21-8-9-24-20(19-21)10-13-28(24)14-11-23-7-3-4-12-30(23)26(32)33/h8-10,13,19,22-23H,1-7,11-12,14-18H2,(H,32,33). The Morgan fingerprint density at radius 1 is 0.909 bits per heavy atom. The molecule has 2 saturated heterocycles. The van der Waals surface area contributed by atoms with Gasteiger partial charge in [-0.1, -0.05) is 12.8 Å². The number of fused-ring (bicyclic) bond motifs is 1. The van der Waals surface area contributed by atoms with Crippen LogP contribution in [0.1, 0.15) is 61.7 Å². The molecule has 1 aliphatic carbocycles. The number of hydrogen-bond acceptors (Lipinski definition) is 3. The fourth-order valence-electron chi connectivity index (χ4n) is 6.11. The van der Waals surface area contributed by atoms with E-state index >= 15 is 0 Å². The van der Waals surface area contributed by atoms with Gasteiger partial charge in [0, 0.05) is 74.0 Å². The number of piperidine rings is 1. The molecule has 1 atom stereocenters. The van der Waals surface area contributed by atoms with Gasteiger partial charge in [0.05, 0.1) is 0 Å². The third kappa shape index (κ3) is 4.74. The Morgan fingerprint density at radius 3 is 2.42 bits per heavy atom. The maximum atomic E-state index is 13.1. The molecule has 3 heterocycles. The van der Waals surface area contributed by atoms with E-state index in [-0.39, 0.29) is 11.9 Å². The van der Waals surface area contributed by atoms with Crippen LogP contribution < -0.4 is 0 Å². The number of piperazine rings is 1. The molecule has 0 bridgehead atoms. The fourth-order valence-corrected chi connectivity index (χ4v) is 6.11. The highest BCUT2D eigenvalue weighted by molar-refractivity contribution is 5.98. The zero-order chi connectivity index (χ0) is 22.8. The molecule has 3 aliphatic rings. The molecule has 2 amide bonds. The molecule has 2 aromatic rings. The highest BCUT2D eigenvalue weighted by atomic mass is 16.4. The first kappa shape index (κ1) is 22.3. The van der Waals surface area contributed by atoms with Crippen LogP contribution >= 0.6 is 0 Å². The number of aryl methyl sites for hydroxylation is 1. The second kappa shape index (κ2) is 9.75. The van der Waals surface area contributed by atoms with Crippen molar-refractivity contribution < 1.29 is 14.7 Å². The summed E-state index contributed by atoms with van der Waals surface area (Å²) in [4.78, 5) is 30.9. The molecule has 7 heteroatoms. The number of carbonyl (C=O) groups excluding carboxylic acids is 1. The average Bonchev–Trinajstić information content (AvgIpc) is 3.52. The van der Waals surface area contributed by atoms with Gasteiger partial charge in [-0.25, -0.2) is 4.79 Å². The molecule has 1 N–H and O–H groups in total. The summed E-state index contributed by atoms with van der Waals surface area (Å²) in [6.45, 7) is 5.04. The number of rotatable bonds is 5. The predicted octanol–water partition coefficient (Wildman–Crippen LogP) is 4.26. The first-order valence-corrected chi connectivity index (χ1v) is 12.7. The summed E-state index contributed by atoms with van der Waals surface area (Å²) in [5.74, 6) is 0.134. The Hall–Kier alpha value is -2.54. The molecule has 178 valence electrons. The molecule has 1 aromatic heterocycles. The van der Waals surface area contributed by atoms with Crippen LogP contribution in [-0.2, 0) is 6.54 Å². The molecule has 1 saturated carbocycles. The van der Waals surface area contributed by atoms with Crippen molar-refractivity contribution in [2.75, 3.05) is 32.7 Å². The first-order valence-electron chi connectivity index (χ1n) is 12.7. The van der Waals surface area contributed by atoms with E-state index < -0.39 is 6.09 Å². The van der Waals surface area contributed by atoms with E-state index in [1.54, 1.807) is 4.90 Å². The van der Waals surface area contributed by atoms with E-state index in [1.807, 2.05) is 23.1 Å². The molecule has 3 fully saturated rings. The quantitative estimate of drug-likeness (QED) is 0.736. The SMILES string of the molecule is O=C(c1ccc2c(ccn2CCC2CCCCN2C(=O)O)c1)N1CCN(C2CCCC2)CC1. The van der Waals surface area contributed by atoms with Crippen molar-refractivity contribution in [3.8, 4) is 0 Å². The van der Waals surface area contributed by atoms with E-state index in [0.29, 0.717) is 6.54 Å². The Balaban J connectivity index is 1.21. The molecule has 7 nitrogen and oxygen atoms in total. The summed E-state index contributed by atoms with van der Waals surface area (Å²) >= 11 is 0. The van der Waals surface area contributed by atoms with Gasteiger partial charge in [0.25, 0.3) is 5.91 Å². The Labute approximate surface area is 195 Å². The second-order valence-electron chi connectivity index (χ2n) is 9.96. The van der Waals surface area contributed by atoms with E-state index in [4.69, 9.17) is 0 Å². The van der Waals surface area contributed by atoms with Gasteiger partial charge in [-0.05, 0) is 62.8 Å². The number of carbonyl (C=O) groups is 2. The first-order chi connectivity index (χ1) is 16.1. The van der Waals surface area contributed by atoms with Crippen molar-refractivity contribution >= 4 is 22.9 Å². The zero-order valence-electron chi connectivity index (χ0n) is 19.5. The minimum Gasteiger partial charge on any atom is -0.465 e. The van der Waals surface area contributed by atoms with E-state index in [2.05, 4.69) is 21.7 Å². The van der Waals surface area contributed by atoms with Crippen LogP contribution in [-0.4, -0.2) is 81.2 Å². The molecular weight excluding hydrogens is 416 g/mol. The van der Waals surface area contributed by atoms with Crippen LogP contribution in [0.4, 0.5) is 4.79 Å². The number of nitrogens with zero attached hydrogens (tertiary/aromatic N) is 4. The number of aromatic nitrogens is 1. The van der Waals surface area contributed by atoms with Gasteiger partial charge in [-0.2, -0.15) is 0 Å². The lowest BCUT2D eigenvalue weighted by Crippen LogP contribution is -2.51. The van der Waals surface area contributed by atoms with Gasteiger partial charge in [0.2, 0.25) is 0 Å². The molecule has 0 radical (unpaired) electrons. The van der Waals surface area contributed by atoms with Crippen LogP contribution in [0.3, 0.4) is 0 Å². The summed E-state index contributed by atoms with van der Waals surface area (Å²) in [6.07, 6.45) is 10.4. The van der Waals surface area contributed by atoms with Gasteiger partial charge in [0.15, 0.2) is 0 Å². The fraction of sp³-hybridized carbons (Fsp3) is 0.615. The zero-order valence-corrected chi connectivity index (χ0v) is 19.5. The summed E-state index contributed by atoms with van der Waals surface area (Å²) in [5.41, 5.74) is 1.87. The topological polar surface area (TPSA) is 69.0 Å². The summed E-state index contributed by atoms with van der Waals surface area (Å²) in [7, 11) is 0. The van der Waals surface area contributed by atoms with Crippen molar-refractivity contribution in [2.45, 2.75) is 70.0 Å².